The number of nitrogens with two attached hydrogens (primary N) is 1. The number of anilines is 1. The number of nitriles is 1. The third-order valence-corrected chi connectivity index (χ3v) is 6.78. The maximum atomic E-state index is 12.2. The van der Waals surface area contributed by atoms with Crippen LogP contribution < -0.4 is 16.0 Å². The van der Waals surface area contributed by atoms with E-state index in [0.717, 1.165) is 24.0 Å². The second kappa shape index (κ2) is 10.7. The van der Waals surface area contributed by atoms with Crippen LogP contribution in [0.25, 0.3) is 4.85 Å². The minimum Gasteiger partial charge on any atom is -0.365 e. The highest BCUT2D eigenvalue weighted by Gasteiger charge is 2.29. The summed E-state index contributed by atoms with van der Waals surface area (Å²) < 4.78 is 0. The molecule has 1 aliphatic rings. The van der Waals surface area contributed by atoms with Crippen molar-refractivity contribution in [3.63, 3.8) is 0 Å². The molecule has 0 unspecified atom stereocenters. The molecule has 1 aromatic carbocycles. The Kier molecular flexibility index (Phi) is 7.97. The van der Waals surface area contributed by atoms with Gasteiger partial charge in [0.05, 0.1) is 17.7 Å². The van der Waals surface area contributed by atoms with E-state index in [9.17, 15) is 10.1 Å². The molecule has 3 N–H and O–H groups in total. The summed E-state index contributed by atoms with van der Waals surface area (Å²) in [5.74, 6) is 1.18. The Morgan fingerprint density at radius 3 is 2.58 bits per heavy atom. The number of carbonyl (C=O) groups is 1. The van der Waals surface area contributed by atoms with Crippen molar-refractivity contribution in [2.75, 3.05) is 18.0 Å². The number of rotatable bonds is 7. The summed E-state index contributed by atoms with van der Waals surface area (Å²) in [5, 5.41) is 13.6. The molecule has 1 amide bonds. The summed E-state index contributed by atoms with van der Waals surface area (Å²) in [6.07, 6.45) is 2.08. The fourth-order valence-corrected chi connectivity index (χ4v) is 4.78. The Morgan fingerprint density at radius 2 is 2.03 bits per heavy atom. The van der Waals surface area contributed by atoms with Gasteiger partial charge in [-0.15, -0.1) is 11.8 Å². The molecule has 0 radical (unpaired) electrons. The number of carbonyl (C=O) groups excluding carboxylic acids is 1. The van der Waals surface area contributed by atoms with Crippen LogP contribution in [0.1, 0.15) is 50.3 Å². The normalized spacial score (nSPS) is 14.4. The lowest BCUT2D eigenvalue weighted by molar-refractivity contribution is -0.126. The number of pyridine rings is 1. The first-order valence-corrected chi connectivity index (χ1v) is 12.1. The second-order valence-corrected chi connectivity index (χ2v) is 9.71. The number of thioether (sulfide) groups is 1. The summed E-state index contributed by atoms with van der Waals surface area (Å²) >= 11 is 1.53. The SMILES string of the molecule is [C-]#[N+]c1c(N2CCC(NC(=O)C(C)(C)N)CC2)nc(SCc2ccccc2)c(C#N)c1CC. The van der Waals surface area contributed by atoms with Crippen LogP contribution in [-0.4, -0.2) is 35.6 Å². The minimum atomic E-state index is -0.913. The van der Waals surface area contributed by atoms with Crippen molar-refractivity contribution in [2.45, 2.75) is 62.4 Å². The average Bonchev–Trinajstić information content (AvgIpc) is 2.82. The Balaban J connectivity index is 1.85. The molecule has 0 aliphatic carbocycles. The van der Waals surface area contributed by atoms with Gasteiger partial charge in [0.25, 0.3) is 0 Å². The summed E-state index contributed by atoms with van der Waals surface area (Å²) in [6.45, 7) is 14.5. The molecule has 0 atom stereocenters. The van der Waals surface area contributed by atoms with Gasteiger partial charge < -0.3 is 16.0 Å². The van der Waals surface area contributed by atoms with E-state index >= 15 is 0 Å². The van der Waals surface area contributed by atoms with E-state index < -0.39 is 5.54 Å². The summed E-state index contributed by atoms with van der Waals surface area (Å²) in [4.78, 5) is 23.0. The van der Waals surface area contributed by atoms with Crippen LogP contribution in [0.5, 0.6) is 0 Å². The number of hydrogen-bond acceptors (Lipinski definition) is 6. The summed E-state index contributed by atoms with van der Waals surface area (Å²) in [6, 6.07) is 12.4. The molecule has 1 aliphatic heterocycles. The zero-order chi connectivity index (χ0) is 24.0. The van der Waals surface area contributed by atoms with Gasteiger partial charge in [-0.25, -0.2) is 9.83 Å². The van der Waals surface area contributed by atoms with Crippen molar-refractivity contribution < 1.29 is 4.79 Å². The van der Waals surface area contributed by atoms with E-state index in [1.165, 1.54) is 11.8 Å². The Morgan fingerprint density at radius 1 is 1.36 bits per heavy atom. The van der Waals surface area contributed by atoms with Gasteiger partial charge in [0.2, 0.25) is 11.6 Å². The van der Waals surface area contributed by atoms with Crippen LogP contribution in [-0.2, 0) is 17.0 Å². The van der Waals surface area contributed by atoms with Crippen molar-refractivity contribution in [1.29, 1.82) is 5.26 Å². The molecule has 3 rings (SSSR count). The van der Waals surface area contributed by atoms with E-state index in [2.05, 4.69) is 33.3 Å². The first kappa shape index (κ1) is 24.6. The van der Waals surface area contributed by atoms with Crippen LogP contribution >= 0.6 is 11.8 Å². The number of aromatic nitrogens is 1. The van der Waals surface area contributed by atoms with Gasteiger partial charge in [-0.3, -0.25) is 4.79 Å². The number of nitrogens with one attached hydrogen (secondary N) is 1. The van der Waals surface area contributed by atoms with E-state index in [-0.39, 0.29) is 11.9 Å². The van der Waals surface area contributed by atoms with Crippen molar-refractivity contribution in [3.05, 3.63) is 58.4 Å². The van der Waals surface area contributed by atoms with Crippen LogP contribution in [0.2, 0.25) is 0 Å². The zero-order valence-corrected chi connectivity index (χ0v) is 20.2. The lowest BCUT2D eigenvalue weighted by atomic mass is 10.0. The topological polar surface area (TPSA) is 99.4 Å². The van der Waals surface area contributed by atoms with Crippen molar-refractivity contribution in [1.82, 2.24) is 10.3 Å². The van der Waals surface area contributed by atoms with Crippen molar-refractivity contribution in [3.8, 4) is 6.07 Å². The van der Waals surface area contributed by atoms with Crippen LogP contribution in [0.4, 0.5) is 11.5 Å². The molecule has 1 saturated heterocycles. The highest BCUT2D eigenvalue weighted by atomic mass is 32.2. The average molecular weight is 463 g/mol. The smallest absolute Gasteiger partial charge is 0.239 e. The van der Waals surface area contributed by atoms with E-state index in [1.807, 2.05) is 25.1 Å². The van der Waals surface area contributed by atoms with E-state index in [0.29, 0.717) is 47.4 Å². The first-order chi connectivity index (χ1) is 15.8. The number of amides is 1. The minimum absolute atomic E-state index is 0.0453. The van der Waals surface area contributed by atoms with Gasteiger partial charge in [-0.05, 0) is 44.2 Å². The van der Waals surface area contributed by atoms with Gasteiger partial charge in [0.15, 0.2) is 0 Å². The summed E-state index contributed by atoms with van der Waals surface area (Å²) in [7, 11) is 0. The van der Waals surface area contributed by atoms with Crippen LogP contribution in [0.15, 0.2) is 35.4 Å². The zero-order valence-electron chi connectivity index (χ0n) is 19.4. The standard InChI is InChI=1S/C25H30N6OS/c1-5-19-20(15-26)23(33-16-17-9-7-6-8-10-17)30-22(21(19)28-4)31-13-11-18(12-14-31)29-24(32)25(2,3)27/h6-10,18H,5,11-14,16,27H2,1-3H3,(H,29,32). The molecule has 2 heterocycles. The molecule has 1 aromatic heterocycles. The molecule has 7 nitrogen and oxygen atoms in total. The molecular weight excluding hydrogens is 432 g/mol. The van der Waals surface area contributed by atoms with Crippen molar-refractivity contribution in [2.24, 2.45) is 5.73 Å². The number of piperidine rings is 1. The molecular formula is C25H30N6OS. The Bertz CT molecular complexity index is 1070. The highest BCUT2D eigenvalue weighted by molar-refractivity contribution is 7.98. The monoisotopic (exact) mass is 462 g/mol. The molecule has 0 spiro atoms. The number of benzene rings is 1. The van der Waals surface area contributed by atoms with Crippen molar-refractivity contribution >= 4 is 29.2 Å². The lowest BCUT2D eigenvalue weighted by Gasteiger charge is -2.35. The predicted molar refractivity (Wildman–Crippen MR) is 132 cm³/mol. The molecule has 33 heavy (non-hydrogen) atoms. The Hall–Kier alpha value is -3.07. The largest absolute Gasteiger partial charge is 0.365 e. The quantitative estimate of drug-likeness (QED) is 0.473. The second-order valence-electron chi connectivity index (χ2n) is 8.75. The number of nitrogens with zero attached hydrogens (tertiary/aromatic N) is 4. The van der Waals surface area contributed by atoms with Crippen LogP contribution in [0.3, 0.4) is 0 Å². The third-order valence-electron chi connectivity index (χ3n) is 5.73. The maximum absolute atomic E-state index is 12.2. The third kappa shape index (κ3) is 5.84. The number of hydrogen-bond donors (Lipinski definition) is 2. The predicted octanol–water partition coefficient (Wildman–Crippen LogP) is 4.18. The van der Waals surface area contributed by atoms with Gasteiger partial charge in [0, 0.05) is 24.9 Å². The molecule has 172 valence electrons. The van der Waals surface area contributed by atoms with Gasteiger partial charge in [-0.2, -0.15) is 5.26 Å². The van der Waals surface area contributed by atoms with Crippen LogP contribution in [0, 0.1) is 17.9 Å². The van der Waals surface area contributed by atoms with E-state index in [4.69, 9.17) is 17.3 Å². The highest BCUT2D eigenvalue weighted by Crippen LogP contribution is 2.39. The molecule has 2 aromatic rings. The molecule has 0 saturated carbocycles. The Labute approximate surface area is 200 Å². The fraction of sp³-hybridized carbons (Fsp3) is 0.440. The van der Waals surface area contributed by atoms with Gasteiger partial charge in [-0.1, -0.05) is 37.3 Å². The molecule has 1 fully saturated rings. The van der Waals surface area contributed by atoms with E-state index in [1.54, 1.807) is 13.8 Å². The summed E-state index contributed by atoms with van der Waals surface area (Å²) in [5.41, 5.74) is 7.87. The fourth-order valence-electron chi connectivity index (χ4n) is 3.82. The maximum Gasteiger partial charge on any atom is 0.239 e. The first-order valence-electron chi connectivity index (χ1n) is 11.1. The molecule has 8 heteroatoms. The molecule has 0 bridgehead atoms. The van der Waals surface area contributed by atoms with Gasteiger partial charge in [0.1, 0.15) is 16.9 Å². The van der Waals surface area contributed by atoms with Gasteiger partial charge >= 0.3 is 0 Å². The lowest BCUT2D eigenvalue weighted by Crippen LogP contribution is -2.54.